The Balaban J connectivity index is 2.33. The molecular weight excluding hydrogens is 270 g/mol. The molecule has 0 saturated carbocycles. The minimum atomic E-state index is -0.385. The van der Waals surface area contributed by atoms with Gasteiger partial charge in [0.1, 0.15) is 11.5 Å². The van der Waals surface area contributed by atoms with Crippen LogP contribution in [-0.4, -0.2) is 10.2 Å². The van der Waals surface area contributed by atoms with E-state index in [1.807, 2.05) is 39.0 Å². The van der Waals surface area contributed by atoms with E-state index in [-0.39, 0.29) is 16.9 Å². The summed E-state index contributed by atoms with van der Waals surface area (Å²) in [4.78, 5) is 1.59. The van der Waals surface area contributed by atoms with Crippen LogP contribution in [0.5, 0.6) is 0 Å². The molecule has 2 rings (SSSR count). The summed E-state index contributed by atoms with van der Waals surface area (Å²) in [7, 11) is 0. The van der Waals surface area contributed by atoms with Crippen LogP contribution < -0.4 is 5.73 Å². The topological polar surface area (TPSA) is 66.5 Å². The molecule has 0 unspecified atom stereocenters. The van der Waals surface area contributed by atoms with Gasteiger partial charge in [-0.05, 0) is 48.9 Å². The summed E-state index contributed by atoms with van der Waals surface area (Å²) in [5, 5.41) is 20.1. The molecule has 0 amide bonds. The zero-order chi connectivity index (χ0) is 14.9. The molecule has 1 aliphatic carbocycles. The number of rotatable bonds is 2. The van der Waals surface area contributed by atoms with Crippen LogP contribution in [0.2, 0.25) is 0 Å². The molecule has 0 spiro atoms. The summed E-state index contributed by atoms with van der Waals surface area (Å²) < 4.78 is 0. The highest BCUT2D eigenvalue weighted by Gasteiger charge is 2.20. The van der Waals surface area contributed by atoms with Crippen LogP contribution in [0.4, 0.5) is 5.69 Å². The third-order valence-corrected chi connectivity index (χ3v) is 4.07. The highest BCUT2D eigenvalue weighted by molar-refractivity contribution is 8.03. The lowest BCUT2D eigenvalue weighted by Crippen LogP contribution is -2.04. The van der Waals surface area contributed by atoms with E-state index >= 15 is 0 Å². The van der Waals surface area contributed by atoms with Crippen LogP contribution in [0.1, 0.15) is 19.4 Å². The Morgan fingerprint density at radius 2 is 1.85 bits per heavy atom. The van der Waals surface area contributed by atoms with E-state index in [2.05, 4.69) is 0 Å². The quantitative estimate of drug-likeness (QED) is 0.702. The first kappa shape index (κ1) is 14.6. The first-order valence-corrected chi connectivity index (χ1v) is 7.18. The van der Waals surface area contributed by atoms with E-state index in [1.54, 1.807) is 18.2 Å². The number of aliphatic hydroxyl groups is 2. The van der Waals surface area contributed by atoms with Crippen LogP contribution in [0, 0.1) is 12.3 Å². The van der Waals surface area contributed by atoms with Crippen LogP contribution in [0.25, 0.3) is 0 Å². The Morgan fingerprint density at radius 3 is 2.50 bits per heavy atom. The van der Waals surface area contributed by atoms with Crippen LogP contribution >= 0.6 is 11.8 Å². The summed E-state index contributed by atoms with van der Waals surface area (Å²) in [5.74, 6) is 0.333. The normalized spacial score (nSPS) is 17.9. The average Bonchev–Trinajstić information content (AvgIpc) is 2.40. The molecule has 0 radical (unpaired) electrons. The molecule has 1 aliphatic rings. The number of nitrogen functional groups attached to an aromatic ring is 1. The molecule has 20 heavy (non-hydrogen) atoms. The SMILES string of the molecule is Cc1cc(SC2=CC(O)=CC(C)(C)C=C2O)ccc1N. The summed E-state index contributed by atoms with van der Waals surface area (Å²) in [6, 6.07) is 5.71. The Bertz CT molecular complexity index is 627. The third kappa shape index (κ3) is 3.39. The average molecular weight is 289 g/mol. The zero-order valence-corrected chi connectivity index (χ0v) is 12.7. The number of thioether (sulfide) groups is 1. The number of benzene rings is 1. The minimum absolute atomic E-state index is 0.157. The van der Waals surface area contributed by atoms with Crippen molar-refractivity contribution in [2.45, 2.75) is 25.7 Å². The van der Waals surface area contributed by atoms with Gasteiger partial charge >= 0.3 is 0 Å². The molecule has 0 heterocycles. The lowest BCUT2D eigenvalue weighted by atomic mass is 9.92. The van der Waals surface area contributed by atoms with Crippen molar-refractivity contribution in [2.24, 2.45) is 5.41 Å². The van der Waals surface area contributed by atoms with Crippen molar-refractivity contribution in [3.8, 4) is 0 Å². The molecule has 4 heteroatoms. The second kappa shape index (κ2) is 5.29. The maximum absolute atomic E-state index is 10.2. The molecule has 3 nitrogen and oxygen atoms in total. The van der Waals surface area contributed by atoms with Crippen molar-refractivity contribution in [3.05, 3.63) is 58.4 Å². The first-order chi connectivity index (χ1) is 9.27. The predicted molar refractivity (Wildman–Crippen MR) is 84.7 cm³/mol. The van der Waals surface area contributed by atoms with Gasteiger partial charge in [0.25, 0.3) is 0 Å². The number of hydrogen-bond donors (Lipinski definition) is 3. The van der Waals surface area contributed by atoms with Crippen LogP contribution in [-0.2, 0) is 0 Å². The van der Waals surface area contributed by atoms with E-state index < -0.39 is 0 Å². The molecule has 0 aromatic heterocycles. The maximum atomic E-state index is 10.2. The van der Waals surface area contributed by atoms with Gasteiger partial charge in [0.05, 0.1) is 4.91 Å². The smallest absolute Gasteiger partial charge is 0.126 e. The number of aliphatic hydroxyl groups excluding tert-OH is 2. The fourth-order valence-electron chi connectivity index (χ4n) is 2.02. The maximum Gasteiger partial charge on any atom is 0.126 e. The Morgan fingerprint density at radius 1 is 1.15 bits per heavy atom. The van der Waals surface area contributed by atoms with Gasteiger partial charge in [-0.15, -0.1) is 0 Å². The fraction of sp³-hybridized carbons (Fsp3) is 0.250. The van der Waals surface area contributed by atoms with E-state index in [4.69, 9.17) is 5.73 Å². The first-order valence-electron chi connectivity index (χ1n) is 6.36. The minimum Gasteiger partial charge on any atom is -0.508 e. The summed E-state index contributed by atoms with van der Waals surface area (Å²) in [5.41, 5.74) is 7.15. The largest absolute Gasteiger partial charge is 0.508 e. The molecule has 0 bridgehead atoms. The lowest BCUT2D eigenvalue weighted by Gasteiger charge is -2.14. The highest BCUT2D eigenvalue weighted by atomic mass is 32.2. The van der Waals surface area contributed by atoms with Gasteiger partial charge < -0.3 is 15.9 Å². The summed E-state index contributed by atoms with van der Waals surface area (Å²) >= 11 is 1.40. The lowest BCUT2D eigenvalue weighted by molar-refractivity contribution is 0.413. The molecule has 0 aliphatic heterocycles. The van der Waals surface area contributed by atoms with Crippen molar-refractivity contribution >= 4 is 17.4 Å². The number of allylic oxidation sites excluding steroid dienone is 3. The number of aryl methyl sites for hydroxylation is 1. The number of anilines is 1. The van der Waals surface area contributed by atoms with Crippen LogP contribution in [0.15, 0.2) is 57.7 Å². The van der Waals surface area contributed by atoms with Gasteiger partial charge in [0.2, 0.25) is 0 Å². The molecule has 4 N–H and O–H groups in total. The number of nitrogens with two attached hydrogens (primary N) is 1. The van der Waals surface area contributed by atoms with Gasteiger partial charge in [-0.3, -0.25) is 0 Å². The monoisotopic (exact) mass is 289 g/mol. The standard InChI is InChI=1S/C16H19NO2S/c1-10-6-12(4-5-13(10)17)20-15-7-11(18)8-16(2,3)9-14(15)19/h4-9,18-19H,17H2,1-3H3. The second-order valence-electron chi connectivity index (χ2n) is 5.55. The molecule has 0 fully saturated rings. The summed E-state index contributed by atoms with van der Waals surface area (Å²) in [6.45, 7) is 5.79. The molecular formula is C16H19NO2S. The van der Waals surface area contributed by atoms with Gasteiger partial charge in [-0.2, -0.15) is 0 Å². The van der Waals surface area contributed by atoms with E-state index in [0.717, 1.165) is 16.1 Å². The predicted octanol–water partition coefficient (Wildman–Crippen LogP) is 4.48. The van der Waals surface area contributed by atoms with Gasteiger partial charge in [-0.25, -0.2) is 0 Å². The van der Waals surface area contributed by atoms with Gasteiger partial charge in [-0.1, -0.05) is 25.6 Å². The van der Waals surface area contributed by atoms with E-state index in [9.17, 15) is 10.2 Å². The Hall–Kier alpha value is -1.81. The van der Waals surface area contributed by atoms with Crippen molar-refractivity contribution in [2.75, 3.05) is 5.73 Å². The Labute approximate surface area is 123 Å². The molecule has 1 aromatic carbocycles. The molecule has 106 valence electrons. The Kier molecular flexibility index (Phi) is 3.86. The van der Waals surface area contributed by atoms with Crippen molar-refractivity contribution < 1.29 is 10.2 Å². The van der Waals surface area contributed by atoms with Crippen molar-refractivity contribution in [1.29, 1.82) is 0 Å². The van der Waals surface area contributed by atoms with Crippen molar-refractivity contribution in [1.82, 2.24) is 0 Å². The zero-order valence-electron chi connectivity index (χ0n) is 11.8. The molecule has 1 aromatic rings. The van der Waals surface area contributed by atoms with Gasteiger partial charge in [0.15, 0.2) is 0 Å². The number of hydrogen-bond acceptors (Lipinski definition) is 4. The summed E-state index contributed by atoms with van der Waals surface area (Å²) in [6.07, 6.45) is 5.03. The fourth-order valence-corrected chi connectivity index (χ4v) is 2.99. The second-order valence-corrected chi connectivity index (χ2v) is 6.66. The van der Waals surface area contributed by atoms with E-state index in [0.29, 0.717) is 4.91 Å². The van der Waals surface area contributed by atoms with Crippen LogP contribution in [0.3, 0.4) is 0 Å². The third-order valence-electron chi connectivity index (χ3n) is 3.03. The molecule has 0 saturated heterocycles. The van der Waals surface area contributed by atoms with Gasteiger partial charge in [0, 0.05) is 16.0 Å². The van der Waals surface area contributed by atoms with Crippen molar-refractivity contribution in [3.63, 3.8) is 0 Å². The highest BCUT2D eigenvalue weighted by Crippen LogP contribution is 2.37. The molecule has 0 atom stereocenters. The van der Waals surface area contributed by atoms with E-state index in [1.165, 1.54) is 11.8 Å².